The number of hydrogen-bond acceptors (Lipinski definition) is 7. The van der Waals surface area contributed by atoms with Gasteiger partial charge in [-0.05, 0) is 19.1 Å². The number of halogens is 2. The summed E-state index contributed by atoms with van der Waals surface area (Å²) in [7, 11) is 0. The monoisotopic (exact) mass is 313 g/mol. The first kappa shape index (κ1) is 14.9. The summed E-state index contributed by atoms with van der Waals surface area (Å²) in [6.45, 7) is 1.41. The van der Waals surface area contributed by atoms with E-state index in [4.69, 9.17) is 22.2 Å². The van der Waals surface area contributed by atoms with E-state index in [2.05, 4.69) is 15.4 Å². The number of ether oxygens (including phenoxy) is 1. The van der Waals surface area contributed by atoms with Gasteiger partial charge in [0.15, 0.2) is 0 Å². The summed E-state index contributed by atoms with van der Waals surface area (Å²) < 4.78 is 18.4. The van der Waals surface area contributed by atoms with Crippen LogP contribution in [0.5, 0.6) is 11.6 Å². The lowest BCUT2D eigenvalue weighted by atomic mass is 10.3. The second-order valence-corrected chi connectivity index (χ2v) is 4.27. The first-order valence-electron chi connectivity index (χ1n) is 5.55. The molecule has 1 aromatic carbocycles. The molecular formula is C11H9ClFN5O3. The molecule has 1 heterocycles. The third kappa shape index (κ3) is 3.15. The fraction of sp³-hybridized carbons (Fsp3) is 0.0909. The molecule has 0 unspecified atom stereocenters. The molecule has 1 aromatic heterocycles. The first-order valence-corrected chi connectivity index (χ1v) is 5.92. The molecule has 0 aliphatic heterocycles. The topological polar surface area (TPSA) is 116 Å². The highest BCUT2D eigenvalue weighted by atomic mass is 35.5. The molecule has 8 nitrogen and oxygen atoms in total. The van der Waals surface area contributed by atoms with Crippen molar-refractivity contribution in [2.45, 2.75) is 6.92 Å². The summed E-state index contributed by atoms with van der Waals surface area (Å²) in [6.07, 6.45) is 0. The average molecular weight is 314 g/mol. The number of nitrogens with one attached hydrogen (secondary N) is 1. The van der Waals surface area contributed by atoms with Crippen molar-refractivity contribution in [2.24, 2.45) is 5.84 Å². The summed E-state index contributed by atoms with van der Waals surface area (Å²) in [6, 6.07) is 3.51. The molecule has 0 amide bonds. The van der Waals surface area contributed by atoms with Crippen molar-refractivity contribution in [2.75, 3.05) is 5.43 Å². The van der Waals surface area contributed by atoms with Gasteiger partial charge in [0, 0.05) is 6.07 Å². The minimum absolute atomic E-state index is 0.0543. The second-order valence-electron chi connectivity index (χ2n) is 3.87. The molecule has 0 saturated carbocycles. The number of aromatic nitrogens is 2. The lowest BCUT2D eigenvalue weighted by Crippen LogP contribution is -2.12. The van der Waals surface area contributed by atoms with Gasteiger partial charge in [0.2, 0.25) is 5.95 Å². The molecule has 21 heavy (non-hydrogen) atoms. The van der Waals surface area contributed by atoms with Crippen molar-refractivity contribution in [3.8, 4) is 11.6 Å². The Bertz CT molecular complexity index is 712. The van der Waals surface area contributed by atoms with E-state index >= 15 is 0 Å². The van der Waals surface area contributed by atoms with Crippen molar-refractivity contribution in [3.63, 3.8) is 0 Å². The zero-order chi connectivity index (χ0) is 15.6. The van der Waals surface area contributed by atoms with Crippen molar-refractivity contribution in [1.29, 1.82) is 0 Å². The lowest BCUT2D eigenvalue weighted by Gasteiger charge is -2.08. The molecule has 2 aromatic rings. The molecule has 0 saturated heterocycles. The number of anilines is 1. The van der Waals surface area contributed by atoms with E-state index in [0.717, 1.165) is 6.07 Å². The van der Waals surface area contributed by atoms with Crippen LogP contribution in [0.2, 0.25) is 5.02 Å². The fourth-order valence-corrected chi connectivity index (χ4v) is 1.71. The molecule has 0 aliphatic rings. The molecule has 110 valence electrons. The van der Waals surface area contributed by atoms with E-state index in [0.29, 0.717) is 0 Å². The number of aryl methyl sites for hydroxylation is 1. The Balaban J connectivity index is 2.48. The van der Waals surface area contributed by atoms with Crippen LogP contribution in [0.25, 0.3) is 0 Å². The minimum Gasteiger partial charge on any atom is -0.433 e. The van der Waals surface area contributed by atoms with E-state index < -0.39 is 16.4 Å². The third-order valence-electron chi connectivity index (χ3n) is 2.44. The van der Waals surface area contributed by atoms with Crippen LogP contribution in [-0.2, 0) is 0 Å². The highest BCUT2D eigenvalue weighted by Crippen LogP contribution is 2.33. The zero-order valence-electron chi connectivity index (χ0n) is 10.6. The van der Waals surface area contributed by atoms with Crippen LogP contribution in [0, 0.1) is 22.9 Å². The molecular weight excluding hydrogens is 305 g/mol. The molecule has 10 heteroatoms. The Morgan fingerprint density at radius 2 is 2.19 bits per heavy atom. The van der Waals surface area contributed by atoms with E-state index in [1.807, 2.05) is 0 Å². The Kier molecular flexibility index (Phi) is 4.15. The molecule has 3 N–H and O–H groups in total. The van der Waals surface area contributed by atoms with Crippen LogP contribution < -0.4 is 16.0 Å². The standard InChI is InChI=1S/C11H9ClFN5O3/c1-5-9(18(19)20)10(16-11(15-5)17-14)21-6-2-3-8(13)7(12)4-6/h2-4H,14H2,1H3,(H,15,16,17). The molecule has 0 radical (unpaired) electrons. The summed E-state index contributed by atoms with van der Waals surface area (Å²) in [5.41, 5.74) is 1.81. The number of rotatable bonds is 4. The maximum Gasteiger partial charge on any atom is 0.352 e. The van der Waals surface area contributed by atoms with Gasteiger partial charge in [0.05, 0.1) is 9.95 Å². The van der Waals surface area contributed by atoms with Gasteiger partial charge in [0.25, 0.3) is 0 Å². The molecule has 0 atom stereocenters. The molecule has 0 spiro atoms. The summed E-state index contributed by atoms with van der Waals surface area (Å²) >= 11 is 5.62. The first-order chi connectivity index (χ1) is 9.92. The summed E-state index contributed by atoms with van der Waals surface area (Å²) in [5.74, 6) is 4.25. The Hall–Kier alpha value is -2.52. The number of hydrogen-bond donors (Lipinski definition) is 2. The summed E-state index contributed by atoms with van der Waals surface area (Å²) in [5, 5.41) is 10.9. The quantitative estimate of drug-likeness (QED) is 0.506. The number of nitrogens with zero attached hydrogens (tertiary/aromatic N) is 3. The Morgan fingerprint density at radius 3 is 2.76 bits per heavy atom. The molecule has 0 bridgehead atoms. The highest BCUT2D eigenvalue weighted by molar-refractivity contribution is 6.30. The van der Waals surface area contributed by atoms with Crippen LogP contribution in [-0.4, -0.2) is 14.9 Å². The van der Waals surface area contributed by atoms with Gasteiger partial charge in [0.1, 0.15) is 17.3 Å². The van der Waals surface area contributed by atoms with Crippen LogP contribution in [0.3, 0.4) is 0 Å². The van der Waals surface area contributed by atoms with E-state index in [1.165, 1.54) is 19.1 Å². The Morgan fingerprint density at radius 1 is 1.48 bits per heavy atom. The maximum absolute atomic E-state index is 13.1. The second kappa shape index (κ2) is 5.85. The van der Waals surface area contributed by atoms with Crippen LogP contribution in [0.4, 0.5) is 16.0 Å². The van der Waals surface area contributed by atoms with Crippen molar-refractivity contribution in [1.82, 2.24) is 9.97 Å². The number of nitro groups is 1. The normalized spacial score (nSPS) is 10.3. The van der Waals surface area contributed by atoms with Gasteiger partial charge >= 0.3 is 11.6 Å². The molecule has 0 aliphatic carbocycles. The minimum atomic E-state index is -0.684. The van der Waals surface area contributed by atoms with Crippen molar-refractivity contribution >= 4 is 23.2 Å². The van der Waals surface area contributed by atoms with Crippen LogP contribution in [0.15, 0.2) is 18.2 Å². The number of nitrogen functional groups attached to an aromatic ring is 1. The number of hydrazine groups is 1. The number of benzene rings is 1. The molecule has 2 rings (SSSR count). The fourth-order valence-electron chi connectivity index (χ4n) is 1.54. The van der Waals surface area contributed by atoms with Gasteiger partial charge in [-0.1, -0.05) is 11.6 Å². The van der Waals surface area contributed by atoms with Gasteiger partial charge in [-0.2, -0.15) is 4.98 Å². The third-order valence-corrected chi connectivity index (χ3v) is 2.73. The van der Waals surface area contributed by atoms with Gasteiger partial charge in [-0.15, -0.1) is 0 Å². The van der Waals surface area contributed by atoms with E-state index in [1.54, 1.807) is 0 Å². The zero-order valence-corrected chi connectivity index (χ0v) is 11.4. The van der Waals surface area contributed by atoms with Crippen LogP contribution >= 0.6 is 11.6 Å². The average Bonchev–Trinajstić information content (AvgIpc) is 2.41. The van der Waals surface area contributed by atoms with Gasteiger partial charge in [-0.3, -0.25) is 15.5 Å². The largest absolute Gasteiger partial charge is 0.433 e. The summed E-state index contributed by atoms with van der Waals surface area (Å²) in [4.78, 5) is 17.9. The predicted octanol–water partition coefficient (Wildman–Crippen LogP) is 2.56. The number of nitrogens with two attached hydrogens (primary N) is 1. The van der Waals surface area contributed by atoms with Gasteiger partial charge in [-0.25, -0.2) is 15.2 Å². The highest BCUT2D eigenvalue weighted by Gasteiger charge is 2.24. The molecule has 0 fully saturated rings. The van der Waals surface area contributed by atoms with E-state index in [-0.39, 0.29) is 28.3 Å². The van der Waals surface area contributed by atoms with Crippen molar-refractivity contribution in [3.05, 3.63) is 44.8 Å². The smallest absolute Gasteiger partial charge is 0.352 e. The SMILES string of the molecule is Cc1nc(NN)nc(Oc2ccc(F)c(Cl)c2)c1[N+](=O)[O-]. The van der Waals surface area contributed by atoms with Crippen LogP contribution in [0.1, 0.15) is 5.69 Å². The van der Waals surface area contributed by atoms with E-state index in [9.17, 15) is 14.5 Å². The Labute approximate surface area is 122 Å². The van der Waals surface area contributed by atoms with Crippen molar-refractivity contribution < 1.29 is 14.1 Å². The predicted molar refractivity (Wildman–Crippen MR) is 72.7 cm³/mol. The maximum atomic E-state index is 13.1. The lowest BCUT2D eigenvalue weighted by molar-refractivity contribution is -0.386. The van der Waals surface area contributed by atoms with Gasteiger partial charge < -0.3 is 4.74 Å².